The molecule has 0 saturated carbocycles. The van der Waals surface area contributed by atoms with Gasteiger partial charge in [-0.25, -0.2) is 0 Å². The first-order chi connectivity index (χ1) is 8.61. The predicted molar refractivity (Wildman–Crippen MR) is 84.7 cm³/mol. The normalized spacial score (nSPS) is 27.1. The molecule has 0 aromatic heterocycles. The molecular formula is C13H27Cl2N3O2. The summed E-state index contributed by atoms with van der Waals surface area (Å²) in [5, 5.41) is 0. The van der Waals surface area contributed by atoms with Crippen LogP contribution in [0.5, 0.6) is 0 Å². The van der Waals surface area contributed by atoms with Gasteiger partial charge in [0.2, 0.25) is 0 Å². The summed E-state index contributed by atoms with van der Waals surface area (Å²) >= 11 is 0. The molecule has 2 atom stereocenters. The number of piperazine rings is 1. The summed E-state index contributed by atoms with van der Waals surface area (Å²) in [5.74, 6) is 0.161. The summed E-state index contributed by atoms with van der Waals surface area (Å²) in [7, 11) is 0. The van der Waals surface area contributed by atoms with E-state index in [0.29, 0.717) is 12.6 Å². The fraction of sp³-hybridized carbons (Fsp3) is 0.923. The van der Waals surface area contributed by atoms with Gasteiger partial charge >= 0.3 is 0 Å². The van der Waals surface area contributed by atoms with E-state index >= 15 is 0 Å². The van der Waals surface area contributed by atoms with Crippen LogP contribution in [-0.4, -0.2) is 66.7 Å². The molecule has 0 aliphatic carbocycles. The molecule has 0 bridgehead atoms. The number of ether oxygens (including phenoxy) is 1. The molecule has 2 fully saturated rings. The average molecular weight is 328 g/mol. The molecule has 7 heteroatoms. The lowest BCUT2D eigenvalue weighted by atomic mass is 10.1. The third-order valence-electron chi connectivity index (χ3n) is 4.00. The molecule has 20 heavy (non-hydrogen) atoms. The van der Waals surface area contributed by atoms with Gasteiger partial charge in [-0.15, -0.1) is 24.8 Å². The standard InChI is InChI=1S/C13H25N3O2.2ClH/c1-10(2)15-5-7-16(8-6-15)13(17)12-4-3-11(9-14)18-12;;/h10-12H,3-9,14H2,1-2H3;2*1H/t11-,12+;;/m1../s1. The van der Waals surface area contributed by atoms with Crippen LogP contribution in [0, 0.1) is 0 Å². The number of nitrogens with zero attached hydrogens (tertiary/aromatic N) is 2. The fourth-order valence-electron chi connectivity index (χ4n) is 2.72. The van der Waals surface area contributed by atoms with Gasteiger partial charge in [0, 0.05) is 38.8 Å². The Morgan fingerprint density at radius 3 is 2.25 bits per heavy atom. The van der Waals surface area contributed by atoms with Crippen molar-refractivity contribution in [3.63, 3.8) is 0 Å². The lowest BCUT2D eigenvalue weighted by Crippen LogP contribution is -2.53. The first-order valence-electron chi connectivity index (χ1n) is 7.00. The summed E-state index contributed by atoms with van der Waals surface area (Å²) in [6.45, 7) is 8.50. The monoisotopic (exact) mass is 327 g/mol. The molecule has 0 aromatic rings. The van der Waals surface area contributed by atoms with Crippen molar-refractivity contribution in [2.45, 2.75) is 44.9 Å². The van der Waals surface area contributed by atoms with E-state index < -0.39 is 0 Å². The van der Waals surface area contributed by atoms with Gasteiger partial charge in [0.1, 0.15) is 6.10 Å². The summed E-state index contributed by atoms with van der Waals surface area (Å²) in [6, 6.07) is 0.562. The topological polar surface area (TPSA) is 58.8 Å². The number of nitrogens with two attached hydrogens (primary N) is 1. The van der Waals surface area contributed by atoms with Gasteiger partial charge in [0.25, 0.3) is 5.91 Å². The van der Waals surface area contributed by atoms with E-state index in [4.69, 9.17) is 10.5 Å². The Morgan fingerprint density at radius 2 is 1.80 bits per heavy atom. The molecule has 2 saturated heterocycles. The van der Waals surface area contributed by atoms with E-state index in [0.717, 1.165) is 39.0 Å². The predicted octanol–water partition coefficient (Wildman–Crippen LogP) is 0.889. The van der Waals surface area contributed by atoms with Gasteiger partial charge < -0.3 is 15.4 Å². The van der Waals surface area contributed by atoms with Crippen LogP contribution in [0.2, 0.25) is 0 Å². The second-order valence-corrected chi connectivity index (χ2v) is 5.51. The van der Waals surface area contributed by atoms with Gasteiger partial charge in [-0.3, -0.25) is 9.69 Å². The summed E-state index contributed by atoms with van der Waals surface area (Å²) in [5.41, 5.74) is 5.57. The minimum atomic E-state index is -0.246. The second-order valence-electron chi connectivity index (χ2n) is 5.51. The zero-order valence-corrected chi connectivity index (χ0v) is 13.9. The highest BCUT2D eigenvalue weighted by Crippen LogP contribution is 2.21. The van der Waals surface area contributed by atoms with E-state index in [9.17, 15) is 4.79 Å². The van der Waals surface area contributed by atoms with E-state index in [-0.39, 0.29) is 42.9 Å². The Bertz CT molecular complexity index is 297. The Morgan fingerprint density at radius 1 is 1.20 bits per heavy atom. The first-order valence-corrected chi connectivity index (χ1v) is 7.00. The number of hydrogen-bond acceptors (Lipinski definition) is 4. The molecule has 0 aromatic carbocycles. The number of halogens is 2. The van der Waals surface area contributed by atoms with Crippen molar-refractivity contribution in [3.8, 4) is 0 Å². The summed E-state index contributed by atoms with van der Waals surface area (Å²) in [4.78, 5) is 16.6. The zero-order valence-electron chi connectivity index (χ0n) is 12.3. The number of hydrogen-bond donors (Lipinski definition) is 1. The molecule has 2 heterocycles. The van der Waals surface area contributed by atoms with Crippen LogP contribution < -0.4 is 5.73 Å². The number of amides is 1. The van der Waals surface area contributed by atoms with Crippen LogP contribution in [0.25, 0.3) is 0 Å². The first kappa shape index (κ1) is 19.9. The van der Waals surface area contributed by atoms with Gasteiger partial charge in [-0.1, -0.05) is 0 Å². The maximum Gasteiger partial charge on any atom is 0.251 e. The minimum absolute atomic E-state index is 0. The minimum Gasteiger partial charge on any atom is -0.364 e. The molecule has 0 spiro atoms. The van der Waals surface area contributed by atoms with Gasteiger partial charge in [-0.2, -0.15) is 0 Å². The SMILES string of the molecule is CC(C)N1CCN(C(=O)[C@@H]2CC[C@H](CN)O2)CC1.Cl.Cl. The molecule has 2 aliphatic rings. The van der Waals surface area contributed by atoms with Crippen molar-refractivity contribution >= 4 is 30.7 Å². The Hall–Kier alpha value is -0.0700. The van der Waals surface area contributed by atoms with Crippen LogP contribution in [0.15, 0.2) is 0 Å². The molecule has 5 nitrogen and oxygen atoms in total. The molecule has 2 N–H and O–H groups in total. The van der Waals surface area contributed by atoms with E-state index in [2.05, 4.69) is 18.7 Å². The number of carbonyl (C=O) groups excluding carboxylic acids is 1. The van der Waals surface area contributed by atoms with E-state index in [1.165, 1.54) is 0 Å². The quantitative estimate of drug-likeness (QED) is 0.836. The van der Waals surface area contributed by atoms with E-state index in [1.807, 2.05) is 4.90 Å². The molecule has 2 rings (SSSR count). The van der Waals surface area contributed by atoms with Crippen molar-refractivity contribution in [2.24, 2.45) is 5.73 Å². The van der Waals surface area contributed by atoms with Crippen molar-refractivity contribution in [3.05, 3.63) is 0 Å². The van der Waals surface area contributed by atoms with Crippen molar-refractivity contribution in [1.29, 1.82) is 0 Å². The van der Waals surface area contributed by atoms with Crippen molar-refractivity contribution in [2.75, 3.05) is 32.7 Å². The second kappa shape index (κ2) is 9.05. The smallest absolute Gasteiger partial charge is 0.251 e. The maximum atomic E-state index is 12.3. The highest BCUT2D eigenvalue weighted by molar-refractivity contribution is 5.85. The van der Waals surface area contributed by atoms with Crippen LogP contribution in [0.1, 0.15) is 26.7 Å². The lowest BCUT2D eigenvalue weighted by Gasteiger charge is -2.37. The van der Waals surface area contributed by atoms with Gasteiger partial charge in [0.05, 0.1) is 6.10 Å². The van der Waals surface area contributed by atoms with Crippen LogP contribution in [0.4, 0.5) is 0 Å². The van der Waals surface area contributed by atoms with Crippen molar-refractivity contribution in [1.82, 2.24) is 9.80 Å². The zero-order chi connectivity index (χ0) is 13.1. The van der Waals surface area contributed by atoms with Crippen molar-refractivity contribution < 1.29 is 9.53 Å². The Labute approximate surface area is 134 Å². The maximum absolute atomic E-state index is 12.3. The third-order valence-corrected chi connectivity index (χ3v) is 4.00. The summed E-state index contributed by atoms with van der Waals surface area (Å²) < 4.78 is 5.67. The Balaban J connectivity index is 0.00000180. The third kappa shape index (κ3) is 4.74. The summed E-state index contributed by atoms with van der Waals surface area (Å²) in [6.07, 6.45) is 1.57. The number of carbonyl (C=O) groups is 1. The molecule has 2 aliphatic heterocycles. The molecule has 1 amide bonds. The fourth-order valence-corrected chi connectivity index (χ4v) is 2.72. The average Bonchev–Trinajstić information content (AvgIpc) is 2.86. The number of rotatable bonds is 3. The highest BCUT2D eigenvalue weighted by atomic mass is 35.5. The van der Waals surface area contributed by atoms with Gasteiger partial charge in [0.15, 0.2) is 0 Å². The van der Waals surface area contributed by atoms with E-state index in [1.54, 1.807) is 0 Å². The Kier molecular flexibility index (Phi) is 9.02. The van der Waals surface area contributed by atoms with Crippen LogP contribution >= 0.6 is 24.8 Å². The largest absolute Gasteiger partial charge is 0.364 e. The molecular weight excluding hydrogens is 301 g/mol. The lowest BCUT2D eigenvalue weighted by molar-refractivity contribution is -0.144. The van der Waals surface area contributed by atoms with Gasteiger partial charge in [-0.05, 0) is 26.7 Å². The van der Waals surface area contributed by atoms with Crippen LogP contribution in [-0.2, 0) is 9.53 Å². The molecule has 0 unspecified atom stereocenters. The van der Waals surface area contributed by atoms with Crippen LogP contribution in [0.3, 0.4) is 0 Å². The molecule has 0 radical (unpaired) electrons. The molecule has 120 valence electrons. The highest BCUT2D eigenvalue weighted by Gasteiger charge is 2.34.